The topological polar surface area (TPSA) is 26.8 Å². The Labute approximate surface area is 158 Å². The molecule has 26 heavy (non-hydrogen) atoms. The minimum absolute atomic E-state index is 0.110. The lowest BCUT2D eigenvalue weighted by molar-refractivity contribution is -0.138. The van der Waals surface area contributed by atoms with Crippen molar-refractivity contribution in [3.63, 3.8) is 0 Å². The maximum atomic E-state index is 13.5. The first-order chi connectivity index (χ1) is 12.1. The Morgan fingerprint density at radius 3 is 2.31 bits per heavy atom. The van der Waals surface area contributed by atoms with Crippen LogP contribution in [0.3, 0.4) is 0 Å². The molecule has 0 N–H and O–H groups in total. The number of halogens is 1. The summed E-state index contributed by atoms with van der Waals surface area (Å²) in [7, 11) is 0. The van der Waals surface area contributed by atoms with Crippen molar-refractivity contribution >= 4 is 5.91 Å². The van der Waals surface area contributed by atoms with E-state index in [-0.39, 0.29) is 17.3 Å². The second-order valence-electron chi connectivity index (χ2n) is 8.75. The Morgan fingerprint density at radius 2 is 1.77 bits per heavy atom. The van der Waals surface area contributed by atoms with Gasteiger partial charge in [-0.25, -0.2) is 4.39 Å². The van der Waals surface area contributed by atoms with E-state index in [1.807, 2.05) is 31.7 Å². The van der Waals surface area contributed by atoms with Gasteiger partial charge in [0.1, 0.15) is 5.82 Å². The fraction of sp³-hybridized carbons (Fsp3) is 0.667. The number of amides is 1. The van der Waals surface area contributed by atoms with E-state index in [1.165, 1.54) is 12.1 Å². The van der Waals surface area contributed by atoms with Crippen molar-refractivity contribution in [2.45, 2.75) is 46.7 Å². The van der Waals surface area contributed by atoms with E-state index in [1.54, 1.807) is 6.07 Å². The van der Waals surface area contributed by atoms with E-state index in [0.29, 0.717) is 19.0 Å². The van der Waals surface area contributed by atoms with Crippen LogP contribution in [0.2, 0.25) is 0 Å². The second kappa shape index (κ2) is 8.96. The molecule has 1 heterocycles. The SMILES string of the molecule is CC(C)CN1CCN(CC(=O)N(Cc2cccc(F)c2)C(C)(C)C)CC1. The van der Waals surface area contributed by atoms with Gasteiger partial charge in [0.05, 0.1) is 6.54 Å². The Hall–Kier alpha value is -1.46. The van der Waals surface area contributed by atoms with Gasteiger partial charge in [-0.1, -0.05) is 26.0 Å². The van der Waals surface area contributed by atoms with E-state index in [0.717, 1.165) is 38.3 Å². The Balaban J connectivity index is 1.95. The van der Waals surface area contributed by atoms with Gasteiger partial charge < -0.3 is 9.80 Å². The van der Waals surface area contributed by atoms with Crippen molar-refractivity contribution in [2.24, 2.45) is 5.92 Å². The summed E-state index contributed by atoms with van der Waals surface area (Å²) in [4.78, 5) is 19.6. The highest BCUT2D eigenvalue weighted by Gasteiger charge is 2.29. The summed E-state index contributed by atoms with van der Waals surface area (Å²) in [6.07, 6.45) is 0. The summed E-state index contributed by atoms with van der Waals surface area (Å²) in [5.74, 6) is 0.523. The minimum Gasteiger partial charge on any atom is -0.332 e. The van der Waals surface area contributed by atoms with Crippen LogP contribution in [-0.2, 0) is 11.3 Å². The van der Waals surface area contributed by atoms with Crippen LogP contribution in [0.1, 0.15) is 40.2 Å². The molecule has 1 fully saturated rings. The summed E-state index contributed by atoms with van der Waals surface area (Å²) in [6.45, 7) is 16.5. The Morgan fingerprint density at radius 1 is 1.15 bits per heavy atom. The van der Waals surface area contributed by atoms with E-state index in [9.17, 15) is 9.18 Å². The van der Waals surface area contributed by atoms with E-state index >= 15 is 0 Å². The number of rotatable bonds is 6. The lowest BCUT2D eigenvalue weighted by Crippen LogP contribution is -2.53. The van der Waals surface area contributed by atoms with E-state index < -0.39 is 0 Å². The fourth-order valence-electron chi connectivity index (χ4n) is 3.44. The average Bonchev–Trinajstić information content (AvgIpc) is 2.53. The maximum absolute atomic E-state index is 13.5. The Kier molecular flexibility index (Phi) is 7.18. The lowest BCUT2D eigenvalue weighted by atomic mass is 10.0. The van der Waals surface area contributed by atoms with Gasteiger partial charge in [0.25, 0.3) is 0 Å². The Bertz CT molecular complexity index is 589. The molecule has 0 unspecified atom stereocenters. The first-order valence-electron chi connectivity index (χ1n) is 9.65. The van der Waals surface area contributed by atoms with Gasteiger partial charge in [-0.05, 0) is 44.4 Å². The largest absolute Gasteiger partial charge is 0.332 e. The van der Waals surface area contributed by atoms with E-state index in [2.05, 4.69) is 23.6 Å². The molecule has 0 spiro atoms. The summed E-state index contributed by atoms with van der Waals surface area (Å²) < 4.78 is 13.5. The molecule has 0 saturated carbocycles. The molecule has 0 atom stereocenters. The molecule has 1 aliphatic heterocycles. The molecule has 0 bridgehead atoms. The molecule has 1 aromatic carbocycles. The highest BCUT2D eigenvalue weighted by atomic mass is 19.1. The van der Waals surface area contributed by atoms with Crippen LogP contribution in [0.4, 0.5) is 4.39 Å². The summed E-state index contributed by atoms with van der Waals surface area (Å²) >= 11 is 0. The average molecular weight is 364 g/mol. The number of carbonyl (C=O) groups is 1. The second-order valence-corrected chi connectivity index (χ2v) is 8.75. The molecule has 1 aromatic rings. The van der Waals surface area contributed by atoms with Crippen LogP contribution in [0, 0.1) is 11.7 Å². The van der Waals surface area contributed by atoms with Crippen molar-refractivity contribution in [3.8, 4) is 0 Å². The summed E-state index contributed by atoms with van der Waals surface area (Å²) in [6, 6.07) is 6.52. The quantitative estimate of drug-likeness (QED) is 0.776. The maximum Gasteiger partial charge on any atom is 0.237 e. The predicted molar refractivity (Wildman–Crippen MR) is 104 cm³/mol. The van der Waals surface area contributed by atoms with Crippen LogP contribution in [-0.4, -0.2) is 65.4 Å². The molecule has 4 nitrogen and oxygen atoms in total. The van der Waals surface area contributed by atoms with Crippen molar-refractivity contribution in [1.29, 1.82) is 0 Å². The molecule has 0 aromatic heterocycles. The standard InChI is InChI=1S/C21H34FN3O/c1-17(2)14-23-9-11-24(12-10-23)16-20(26)25(21(3,4)5)15-18-7-6-8-19(22)13-18/h6-8,13,17H,9-12,14-16H2,1-5H3. The normalized spacial score (nSPS) is 16.9. The van der Waals surface area contributed by atoms with Gasteiger partial charge in [-0.3, -0.25) is 9.69 Å². The van der Waals surface area contributed by atoms with E-state index in [4.69, 9.17) is 0 Å². The van der Waals surface area contributed by atoms with Crippen molar-refractivity contribution in [2.75, 3.05) is 39.3 Å². The molecule has 1 saturated heterocycles. The van der Waals surface area contributed by atoms with Crippen LogP contribution in [0.15, 0.2) is 24.3 Å². The molecular formula is C21H34FN3O. The first kappa shape index (κ1) is 20.8. The summed E-state index contributed by atoms with van der Waals surface area (Å²) in [5, 5.41) is 0. The number of piperazine rings is 1. The van der Waals surface area contributed by atoms with Crippen LogP contribution >= 0.6 is 0 Å². The number of carbonyl (C=O) groups excluding carboxylic acids is 1. The van der Waals surface area contributed by atoms with Crippen molar-refractivity contribution in [3.05, 3.63) is 35.6 Å². The van der Waals surface area contributed by atoms with Crippen molar-refractivity contribution in [1.82, 2.24) is 14.7 Å². The molecule has 2 rings (SSSR count). The minimum atomic E-state index is -0.303. The van der Waals surface area contributed by atoms with Crippen LogP contribution in [0.5, 0.6) is 0 Å². The first-order valence-corrected chi connectivity index (χ1v) is 9.65. The molecule has 1 aliphatic rings. The third-order valence-corrected chi connectivity index (χ3v) is 4.79. The van der Waals surface area contributed by atoms with Gasteiger partial charge in [-0.2, -0.15) is 0 Å². The molecule has 0 radical (unpaired) electrons. The van der Waals surface area contributed by atoms with Crippen LogP contribution < -0.4 is 0 Å². The molecule has 146 valence electrons. The number of hydrogen-bond acceptors (Lipinski definition) is 3. The fourth-order valence-corrected chi connectivity index (χ4v) is 3.44. The predicted octanol–water partition coefficient (Wildman–Crippen LogP) is 3.23. The monoisotopic (exact) mass is 363 g/mol. The smallest absolute Gasteiger partial charge is 0.237 e. The highest BCUT2D eigenvalue weighted by molar-refractivity contribution is 5.79. The van der Waals surface area contributed by atoms with Gasteiger partial charge >= 0.3 is 0 Å². The highest BCUT2D eigenvalue weighted by Crippen LogP contribution is 2.19. The summed E-state index contributed by atoms with van der Waals surface area (Å²) in [5.41, 5.74) is 0.526. The van der Waals surface area contributed by atoms with Crippen LogP contribution in [0.25, 0.3) is 0 Å². The van der Waals surface area contributed by atoms with Gasteiger partial charge in [-0.15, -0.1) is 0 Å². The number of nitrogens with zero attached hydrogens (tertiary/aromatic N) is 3. The van der Waals surface area contributed by atoms with Gasteiger partial charge in [0.15, 0.2) is 0 Å². The molecule has 1 amide bonds. The lowest BCUT2D eigenvalue weighted by Gasteiger charge is -2.39. The number of benzene rings is 1. The molecular weight excluding hydrogens is 329 g/mol. The van der Waals surface area contributed by atoms with Gasteiger partial charge in [0.2, 0.25) is 5.91 Å². The third-order valence-electron chi connectivity index (χ3n) is 4.79. The van der Waals surface area contributed by atoms with Gasteiger partial charge in [0, 0.05) is 44.8 Å². The van der Waals surface area contributed by atoms with Crippen molar-refractivity contribution < 1.29 is 9.18 Å². The molecule has 0 aliphatic carbocycles. The third kappa shape index (κ3) is 6.36. The zero-order valence-corrected chi connectivity index (χ0v) is 17.0. The number of hydrogen-bond donors (Lipinski definition) is 0. The zero-order valence-electron chi connectivity index (χ0n) is 17.0. The zero-order chi connectivity index (χ0) is 19.3. The molecule has 5 heteroatoms.